The molecule has 0 radical (unpaired) electrons. The number of furan rings is 1. The van der Waals surface area contributed by atoms with Crippen LogP contribution < -0.4 is 4.74 Å². The van der Waals surface area contributed by atoms with Gasteiger partial charge in [-0.3, -0.25) is 9.59 Å². The zero-order valence-electron chi connectivity index (χ0n) is 16.3. The van der Waals surface area contributed by atoms with E-state index in [2.05, 4.69) is 0 Å². The van der Waals surface area contributed by atoms with Crippen LogP contribution in [0.1, 0.15) is 22.9 Å². The third-order valence-corrected chi connectivity index (χ3v) is 5.81. The van der Waals surface area contributed by atoms with Crippen molar-refractivity contribution in [1.82, 2.24) is 4.90 Å². The highest BCUT2D eigenvalue weighted by atomic mass is 35.5. The number of aliphatic hydroxyl groups excluding tert-OH is 1. The summed E-state index contributed by atoms with van der Waals surface area (Å²) in [7, 11) is 1.54. The maximum atomic E-state index is 13.0. The van der Waals surface area contributed by atoms with Gasteiger partial charge in [-0.2, -0.15) is 0 Å². The number of Topliss-reactive ketones (excluding diaryl/α,β-unsaturated/α-hetero) is 1. The Bertz CT molecular complexity index is 1170. The van der Waals surface area contributed by atoms with Crippen molar-refractivity contribution in [2.24, 2.45) is 0 Å². The van der Waals surface area contributed by atoms with Crippen LogP contribution in [0.25, 0.3) is 5.76 Å². The second-order valence-corrected chi connectivity index (χ2v) is 7.72. The largest absolute Gasteiger partial charge is 0.507 e. The maximum absolute atomic E-state index is 13.0. The summed E-state index contributed by atoms with van der Waals surface area (Å²) in [6, 6.07) is 14.0. The summed E-state index contributed by atoms with van der Waals surface area (Å²) in [5.41, 5.74) is 0.872. The molecule has 3 aromatic rings. The standard InChI is InChI=1S/C23H17Cl2NO5/c1-30-15-7-4-13(5-8-15)20-19(21(27)14-6-9-17(24)18(25)11-14)22(28)23(29)26(20)12-16-3-2-10-31-16/h2-11,20,27H,12H2,1H3/b21-19-. The van der Waals surface area contributed by atoms with E-state index >= 15 is 0 Å². The predicted molar refractivity (Wildman–Crippen MR) is 116 cm³/mol. The molecule has 0 saturated carbocycles. The summed E-state index contributed by atoms with van der Waals surface area (Å²) < 4.78 is 10.6. The topological polar surface area (TPSA) is 80.0 Å². The van der Waals surface area contributed by atoms with Crippen LogP contribution in [0, 0.1) is 0 Å². The third kappa shape index (κ3) is 3.92. The van der Waals surface area contributed by atoms with Crippen molar-refractivity contribution >= 4 is 40.7 Å². The molecule has 1 N–H and O–H groups in total. The molecule has 0 spiro atoms. The SMILES string of the molecule is COc1ccc(C2/C(=C(/O)c3ccc(Cl)c(Cl)c3)C(=O)C(=O)N2Cc2ccco2)cc1. The van der Waals surface area contributed by atoms with Crippen LogP contribution in [0.5, 0.6) is 5.75 Å². The van der Waals surface area contributed by atoms with E-state index in [1.807, 2.05) is 0 Å². The number of hydrogen-bond acceptors (Lipinski definition) is 5. The van der Waals surface area contributed by atoms with Crippen molar-refractivity contribution in [3.05, 3.63) is 93.4 Å². The molecular weight excluding hydrogens is 441 g/mol. The van der Waals surface area contributed by atoms with Gasteiger partial charge in [-0.05, 0) is 48.0 Å². The number of aliphatic hydroxyl groups is 1. The first-order valence-electron chi connectivity index (χ1n) is 9.31. The van der Waals surface area contributed by atoms with Gasteiger partial charge < -0.3 is 19.2 Å². The van der Waals surface area contributed by atoms with Gasteiger partial charge in [-0.1, -0.05) is 35.3 Å². The molecule has 1 unspecified atom stereocenters. The highest BCUT2D eigenvalue weighted by molar-refractivity contribution is 6.46. The molecule has 0 aliphatic carbocycles. The summed E-state index contributed by atoms with van der Waals surface area (Å²) in [4.78, 5) is 27.3. The normalized spacial score (nSPS) is 17.9. The number of halogens is 2. The average Bonchev–Trinajstić information content (AvgIpc) is 3.38. The Morgan fingerprint density at radius 3 is 2.45 bits per heavy atom. The minimum Gasteiger partial charge on any atom is -0.507 e. The van der Waals surface area contributed by atoms with Crippen LogP contribution in [0.2, 0.25) is 10.0 Å². The lowest BCUT2D eigenvalue weighted by Gasteiger charge is -2.24. The number of benzene rings is 2. The van der Waals surface area contributed by atoms with Gasteiger partial charge in [0.05, 0.1) is 41.6 Å². The van der Waals surface area contributed by atoms with Gasteiger partial charge in [0.2, 0.25) is 0 Å². The van der Waals surface area contributed by atoms with E-state index in [4.69, 9.17) is 32.4 Å². The van der Waals surface area contributed by atoms with Crippen molar-refractivity contribution in [1.29, 1.82) is 0 Å². The quantitative estimate of drug-likeness (QED) is 0.322. The highest BCUT2D eigenvalue weighted by Gasteiger charge is 2.46. The van der Waals surface area contributed by atoms with Crippen LogP contribution >= 0.6 is 23.2 Å². The number of carbonyl (C=O) groups excluding carboxylic acids is 2. The number of amides is 1. The van der Waals surface area contributed by atoms with Gasteiger partial charge in [0, 0.05) is 5.56 Å². The molecule has 1 amide bonds. The fourth-order valence-corrected chi connectivity index (χ4v) is 3.84. The molecule has 4 rings (SSSR count). The molecule has 1 aromatic heterocycles. The van der Waals surface area contributed by atoms with Crippen molar-refractivity contribution in [3.8, 4) is 5.75 Å². The number of ketones is 1. The molecular formula is C23H17Cl2NO5. The first-order chi connectivity index (χ1) is 14.9. The van der Waals surface area contributed by atoms with Gasteiger partial charge in [0.1, 0.15) is 17.3 Å². The van der Waals surface area contributed by atoms with E-state index in [1.54, 1.807) is 43.5 Å². The molecule has 6 nitrogen and oxygen atoms in total. The molecule has 2 heterocycles. The lowest BCUT2D eigenvalue weighted by atomic mass is 9.95. The molecule has 0 bridgehead atoms. The fourth-order valence-electron chi connectivity index (χ4n) is 3.55. The van der Waals surface area contributed by atoms with Crippen molar-refractivity contribution < 1.29 is 23.8 Å². The minimum absolute atomic E-state index is 0.0416. The number of likely N-dealkylation sites (tertiary alicyclic amines) is 1. The Labute approximate surface area is 188 Å². The van der Waals surface area contributed by atoms with Gasteiger partial charge in [0.25, 0.3) is 11.7 Å². The van der Waals surface area contributed by atoms with E-state index in [0.717, 1.165) is 0 Å². The summed E-state index contributed by atoms with van der Waals surface area (Å²) in [6.45, 7) is 0.0619. The number of methoxy groups -OCH3 is 1. The molecule has 1 saturated heterocycles. The summed E-state index contributed by atoms with van der Waals surface area (Å²) >= 11 is 12.1. The zero-order chi connectivity index (χ0) is 22.1. The molecule has 1 aliphatic heterocycles. The lowest BCUT2D eigenvalue weighted by Crippen LogP contribution is -2.29. The third-order valence-electron chi connectivity index (χ3n) is 5.07. The van der Waals surface area contributed by atoms with E-state index in [0.29, 0.717) is 22.1 Å². The maximum Gasteiger partial charge on any atom is 0.296 e. The van der Waals surface area contributed by atoms with Gasteiger partial charge >= 0.3 is 0 Å². The summed E-state index contributed by atoms with van der Waals surface area (Å²) in [6.07, 6.45) is 1.49. The van der Waals surface area contributed by atoms with Gasteiger partial charge in [-0.15, -0.1) is 0 Å². The molecule has 158 valence electrons. The average molecular weight is 458 g/mol. The number of carbonyl (C=O) groups is 2. The smallest absolute Gasteiger partial charge is 0.296 e. The van der Waals surface area contributed by atoms with Crippen LogP contribution in [-0.2, 0) is 16.1 Å². The predicted octanol–water partition coefficient (Wildman–Crippen LogP) is 5.22. The number of rotatable bonds is 5. The van der Waals surface area contributed by atoms with Crippen LogP contribution in [0.15, 0.2) is 70.9 Å². The highest BCUT2D eigenvalue weighted by Crippen LogP contribution is 2.41. The fraction of sp³-hybridized carbons (Fsp3) is 0.130. The first-order valence-corrected chi connectivity index (χ1v) is 10.1. The second kappa shape index (κ2) is 8.49. The van der Waals surface area contributed by atoms with Crippen LogP contribution in [0.4, 0.5) is 0 Å². The van der Waals surface area contributed by atoms with Gasteiger partial charge in [-0.25, -0.2) is 0 Å². The Kier molecular flexibility index (Phi) is 5.76. The molecule has 1 fully saturated rings. The monoisotopic (exact) mass is 457 g/mol. The number of ether oxygens (including phenoxy) is 1. The Morgan fingerprint density at radius 1 is 1.10 bits per heavy atom. The van der Waals surface area contributed by atoms with Crippen LogP contribution in [0.3, 0.4) is 0 Å². The lowest BCUT2D eigenvalue weighted by molar-refractivity contribution is -0.140. The molecule has 8 heteroatoms. The number of nitrogens with zero attached hydrogens (tertiary/aromatic N) is 1. The number of hydrogen-bond donors (Lipinski definition) is 1. The minimum atomic E-state index is -0.828. The van der Waals surface area contributed by atoms with Crippen molar-refractivity contribution in [2.75, 3.05) is 7.11 Å². The van der Waals surface area contributed by atoms with E-state index in [-0.39, 0.29) is 28.5 Å². The van der Waals surface area contributed by atoms with Crippen molar-refractivity contribution in [3.63, 3.8) is 0 Å². The Balaban J connectivity index is 1.86. The Hall–Kier alpha value is -3.22. The molecule has 1 atom stereocenters. The van der Waals surface area contributed by atoms with E-state index in [1.165, 1.54) is 29.4 Å². The molecule has 1 aliphatic rings. The molecule has 2 aromatic carbocycles. The van der Waals surface area contributed by atoms with Gasteiger partial charge in [0.15, 0.2) is 0 Å². The second-order valence-electron chi connectivity index (χ2n) is 6.91. The summed E-state index contributed by atoms with van der Waals surface area (Å²) in [5, 5.41) is 11.6. The summed E-state index contributed by atoms with van der Waals surface area (Å²) in [5.74, 6) is -0.736. The Morgan fingerprint density at radius 2 is 1.84 bits per heavy atom. The van der Waals surface area contributed by atoms with E-state index < -0.39 is 17.7 Å². The zero-order valence-corrected chi connectivity index (χ0v) is 17.9. The van der Waals surface area contributed by atoms with Crippen molar-refractivity contribution in [2.45, 2.75) is 12.6 Å². The molecule has 31 heavy (non-hydrogen) atoms. The first kappa shape index (κ1) is 21.0. The van der Waals surface area contributed by atoms with E-state index in [9.17, 15) is 14.7 Å². The van der Waals surface area contributed by atoms with Crippen LogP contribution in [-0.4, -0.2) is 28.8 Å².